The smallest absolute Gasteiger partial charge is 0.0701 e. The van der Waals surface area contributed by atoms with E-state index in [0.29, 0.717) is 39.6 Å². The van der Waals surface area contributed by atoms with Gasteiger partial charge >= 0.3 is 0 Å². The zero-order chi connectivity index (χ0) is 13.1. The van der Waals surface area contributed by atoms with Crippen LogP contribution in [0, 0.1) is 0 Å². The first-order chi connectivity index (χ1) is 8.88. The first kappa shape index (κ1) is 15.8. The summed E-state index contributed by atoms with van der Waals surface area (Å²) < 4.78 is 20.9. The lowest BCUT2D eigenvalue weighted by molar-refractivity contribution is -0.0417. The van der Waals surface area contributed by atoms with Crippen molar-refractivity contribution in [2.24, 2.45) is 0 Å². The molecule has 1 N–H and O–H groups in total. The largest absolute Gasteiger partial charge is 0.395 e. The average Bonchev–Trinajstić information content (AvgIpc) is 2.42. The van der Waals surface area contributed by atoms with Crippen LogP contribution in [0.2, 0.25) is 0 Å². The van der Waals surface area contributed by atoms with Gasteiger partial charge in [0.15, 0.2) is 0 Å². The van der Waals surface area contributed by atoms with Gasteiger partial charge < -0.3 is 24.1 Å². The van der Waals surface area contributed by atoms with Crippen molar-refractivity contribution in [3.8, 4) is 0 Å². The van der Waals surface area contributed by atoms with E-state index in [1.165, 1.54) is 0 Å². The van der Waals surface area contributed by atoms with Gasteiger partial charge in [-0.15, -0.1) is 0 Å². The van der Waals surface area contributed by atoms with Crippen LogP contribution in [0.5, 0.6) is 0 Å². The van der Waals surface area contributed by atoms with Gasteiger partial charge in [0.05, 0.1) is 58.9 Å². The summed E-state index contributed by atoms with van der Waals surface area (Å²) in [6.07, 6.45) is 0. The van der Waals surface area contributed by atoms with Crippen molar-refractivity contribution >= 4 is 0 Å². The van der Waals surface area contributed by atoms with Gasteiger partial charge in [0.25, 0.3) is 0 Å². The lowest BCUT2D eigenvalue weighted by Gasteiger charge is -2.34. The van der Waals surface area contributed by atoms with Crippen molar-refractivity contribution in [3.05, 3.63) is 0 Å². The van der Waals surface area contributed by atoms with E-state index in [0.717, 1.165) is 19.7 Å². The van der Waals surface area contributed by atoms with Crippen molar-refractivity contribution in [2.45, 2.75) is 6.04 Å². The number of aliphatic hydroxyl groups excluding tert-OH is 1. The molecule has 0 saturated carbocycles. The number of aliphatic hydroxyl groups is 1. The maximum atomic E-state index is 9.19. The van der Waals surface area contributed by atoms with Crippen LogP contribution in [-0.4, -0.2) is 89.1 Å². The molecule has 1 unspecified atom stereocenters. The van der Waals surface area contributed by atoms with Gasteiger partial charge in [-0.3, -0.25) is 4.90 Å². The van der Waals surface area contributed by atoms with E-state index in [2.05, 4.69) is 4.90 Å². The van der Waals surface area contributed by atoms with E-state index in [4.69, 9.17) is 18.9 Å². The van der Waals surface area contributed by atoms with Crippen molar-refractivity contribution in [1.82, 2.24) is 4.90 Å². The summed E-state index contributed by atoms with van der Waals surface area (Å²) in [5.41, 5.74) is 0. The van der Waals surface area contributed by atoms with Gasteiger partial charge in [-0.05, 0) is 0 Å². The predicted molar refractivity (Wildman–Crippen MR) is 66.8 cm³/mol. The Kier molecular flexibility index (Phi) is 9.37. The molecule has 0 radical (unpaired) electrons. The van der Waals surface area contributed by atoms with Gasteiger partial charge in [-0.25, -0.2) is 0 Å². The van der Waals surface area contributed by atoms with Crippen LogP contribution in [0.4, 0.5) is 0 Å². The van der Waals surface area contributed by atoms with Gasteiger partial charge in [-0.2, -0.15) is 0 Å². The molecule has 1 aliphatic heterocycles. The molecule has 0 aromatic rings. The van der Waals surface area contributed by atoms with Crippen molar-refractivity contribution in [1.29, 1.82) is 0 Å². The number of ether oxygens (including phenoxy) is 4. The molecule has 0 aromatic heterocycles. The third-order valence-corrected chi connectivity index (χ3v) is 2.89. The molecule has 0 bridgehead atoms. The Morgan fingerprint density at radius 3 is 2.61 bits per heavy atom. The molecular formula is C12H25NO5. The molecule has 0 aromatic carbocycles. The van der Waals surface area contributed by atoms with E-state index in [-0.39, 0.29) is 12.6 Å². The van der Waals surface area contributed by atoms with Crippen molar-refractivity contribution in [2.75, 3.05) is 73.1 Å². The molecule has 1 heterocycles. The average molecular weight is 263 g/mol. The Bertz CT molecular complexity index is 193. The van der Waals surface area contributed by atoms with Crippen LogP contribution in [0.1, 0.15) is 0 Å². The fourth-order valence-electron chi connectivity index (χ4n) is 1.80. The predicted octanol–water partition coefficient (Wildman–Crippen LogP) is -0.641. The zero-order valence-electron chi connectivity index (χ0n) is 11.2. The molecule has 6 heteroatoms. The molecule has 1 aliphatic rings. The Labute approximate surface area is 109 Å². The van der Waals surface area contributed by atoms with Gasteiger partial charge in [0.2, 0.25) is 0 Å². The van der Waals surface area contributed by atoms with E-state index in [9.17, 15) is 5.11 Å². The molecule has 1 saturated heterocycles. The Morgan fingerprint density at radius 2 is 1.89 bits per heavy atom. The molecule has 0 aliphatic carbocycles. The number of rotatable bonds is 10. The summed E-state index contributed by atoms with van der Waals surface area (Å²) in [6.45, 7) is 6.23. The minimum atomic E-state index is 0.111. The van der Waals surface area contributed by atoms with Gasteiger partial charge in [0, 0.05) is 20.2 Å². The first-order valence-electron chi connectivity index (χ1n) is 6.45. The second-order valence-electron chi connectivity index (χ2n) is 4.16. The molecule has 0 amide bonds. The molecular weight excluding hydrogens is 238 g/mol. The van der Waals surface area contributed by atoms with Crippen molar-refractivity contribution in [3.63, 3.8) is 0 Å². The number of hydrogen-bond acceptors (Lipinski definition) is 6. The minimum Gasteiger partial charge on any atom is -0.395 e. The highest BCUT2D eigenvalue weighted by Crippen LogP contribution is 2.05. The molecule has 108 valence electrons. The van der Waals surface area contributed by atoms with Crippen molar-refractivity contribution < 1.29 is 24.1 Å². The summed E-state index contributed by atoms with van der Waals surface area (Å²) in [4.78, 5) is 2.20. The fraction of sp³-hybridized carbons (Fsp3) is 1.00. The molecule has 0 spiro atoms. The first-order valence-corrected chi connectivity index (χ1v) is 6.45. The van der Waals surface area contributed by atoms with Crippen LogP contribution < -0.4 is 0 Å². The Hall–Kier alpha value is -0.240. The third-order valence-electron chi connectivity index (χ3n) is 2.89. The second kappa shape index (κ2) is 10.7. The quantitative estimate of drug-likeness (QED) is 0.529. The normalized spacial score (nSPS) is 21.3. The van der Waals surface area contributed by atoms with Crippen LogP contribution in [0.3, 0.4) is 0 Å². The number of methoxy groups -OCH3 is 1. The topological polar surface area (TPSA) is 60.4 Å². The van der Waals surface area contributed by atoms with Gasteiger partial charge in [0.1, 0.15) is 0 Å². The summed E-state index contributed by atoms with van der Waals surface area (Å²) in [7, 11) is 1.65. The van der Waals surface area contributed by atoms with E-state index >= 15 is 0 Å². The van der Waals surface area contributed by atoms with E-state index in [1.807, 2.05) is 0 Å². The summed E-state index contributed by atoms with van der Waals surface area (Å²) in [5.74, 6) is 0. The fourth-order valence-corrected chi connectivity index (χ4v) is 1.80. The van der Waals surface area contributed by atoms with Crippen LogP contribution in [0.25, 0.3) is 0 Å². The SMILES string of the molecule is COCCOCCOCCN1CCOCC1CO. The molecule has 6 nitrogen and oxygen atoms in total. The summed E-state index contributed by atoms with van der Waals surface area (Å²) in [6, 6.07) is 0.111. The summed E-state index contributed by atoms with van der Waals surface area (Å²) >= 11 is 0. The highest BCUT2D eigenvalue weighted by molar-refractivity contribution is 4.73. The Morgan fingerprint density at radius 1 is 1.17 bits per heavy atom. The van der Waals surface area contributed by atoms with Crippen LogP contribution in [0.15, 0.2) is 0 Å². The van der Waals surface area contributed by atoms with Crippen LogP contribution in [-0.2, 0) is 18.9 Å². The molecule has 18 heavy (non-hydrogen) atoms. The number of hydrogen-bond donors (Lipinski definition) is 1. The monoisotopic (exact) mass is 263 g/mol. The number of morpholine rings is 1. The van der Waals surface area contributed by atoms with E-state index < -0.39 is 0 Å². The molecule has 1 rings (SSSR count). The lowest BCUT2D eigenvalue weighted by atomic mass is 10.2. The number of nitrogens with zero attached hydrogens (tertiary/aromatic N) is 1. The molecule has 1 fully saturated rings. The highest BCUT2D eigenvalue weighted by Gasteiger charge is 2.21. The van der Waals surface area contributed by atoms with E-state index in [1.54, 1.807) is 7.11 Å². The minimum absolute atomic E-state index is 0.111. The second-order valence-corrected chi connectivity index (χ2v) is 4.16. The van der Waals surface area contributed by atoms with Gasteiger partial charge in [-0.1, -0.05) is 0 Å². The standard InChI is InChI=1S/C12H25NO5/c1-15-6-7-17-9-8-16-4-2-13-3-5-18-11-12(13)10-14/h12,14H,2-11H2,1H3. The maximum absolute atomic E-state index is 9.19. The zero-order valence-corrected chi connectivity index (χ0v) is 11.2. The third kappa shape index (κ3) is 6.63. The van der Waals surface area contributed by atoms with Crippen LogP contribution >= 0.6 is 0 Å². The molecule has 1 atom stereocenters. The summed E-state index contributed by atoms with van der Waals surface area (Å²) in [5, 5.41) is 9.19. The lowest BCUT2D eigenvalue weighted by Crippen LogP contribution is -2.48. The Balaban J connectivity index is 1.93. The highest BCUT2D eigenvalue weighted by atomic mass is 16.5. The maximum Gasteiger partial charge on any atom is 0.0701 e.